The van der Waals surface area contributed by atoms with Crippen LogP contribution in [0.3, 0.4) is 0 Å². The molecular formula is C16H21BrN2. The fourth-order valence-corrected chi connectivity index (χ4v) is 2.83. The van der Waals surface area contributed by atoms with Crippen LogP contribution in [0.5, 0.6) is 0 Å². The van der Waals surface area contributed by atoms with Crippen molar-refractivity contribution in [3.8, 4) is 0 Å². The number of pyridine rings is 1. The maximum absolute atomic E-state index is 4.54. The zero-order valence-electron chi connectivity index (χ0n) is 11.2. The number of halogens is 1. The number of aromatic nitrogens is 1. The highest BCUT2D eigenvalue weighted by atomic mass is 79.9. The van der Waals surface area contributed by atoms with E-state index in [1.807, 2.05) is 12.3 Å². The van der Waals surface area contributed by atoms with Crippen LogP contribution < -0.4 is 0 Å². The molecule has 0 unspecified atom stereocenters. The van der Waals surface area contributed by atoms with E-state index in [1.165, 1.54) is 55.2 Å². The van der Waals surface area contributed by atoms with Crippen LogP contribution >= 0.6 is 17.0 Å². The normalized spacial score (nSPS) is 16.8. The van der Waals surface area contributed by atoms with E-state index in [0.717, 1.165) is 6.54 Å². The van der Waals surface area contributed by atoms with Gasteiger partial charge in [0.1, 0.15) is 0 Å². The number of hydrogen-bond acceptors (Lipinski definition) is 2. The second-order valence-electron chi connectivity index (χ2n) is 5.18. The second-order valence-corrected chi connectivity index (χ2v) is 5.18. The summed E-state index contributed by atoms with van der Waals surface area (Å²) in [5.41, 5.74) is 2.54. The first-order valence-electron chi connectivity index (χ1n) is 6.98. The van der Waals surface area contributed by atoms with Gasteiger partial charge in [0.25, 0.3) is 0 Å². The van der Waals surface area contributed by atoms with Gasteiger partial charge in [0.15, 0.2) is 0 Å². The Kier molecular flexibility index (Phi) is 5.34. The average Bonchev–Trinajstić information content (AvgIpc) is 2.68. The SMILES string of the molecule is Br.c1cnc2c(CN3CCCCCC3)cccc2c1. The molecule has 0 bridgehead atoms. The topological polar surface area (TPSA) is 16.1 Å². The molecule has 0 spiro atoms. The van der Waals surface area contributed by atoms with Crippen LogP contribution in [0, 0.1) is 0 Å². The van der Waals surface area contributed by atoms with Crippen molar-refractivity contribution in [2.24, 2.45) is 0 Å². The van der Waals surface area contributed by atoms with Gasteiger partial charge in [-0.15, -0.1) is 17.0 Å². The van der Waals surface area contributed by atoms with Crippen LogP contribution in [0.1, 0.15) is 31.2 Å². The molecule has 2 heterocycles. The summed E-state index contributed by atoms with van der Waals surface area (Å²) in [6.07, 6.45) is 7.37. The van der Waals surface area contributed by atoms with Crippen molar-refractivity contribution in [2.75, 3.05) is 13.1 Å². The maximum Gasteiger partial charge on any atom is 0.0746 e. The third kappa shape index (κ3) is 3.54. The smallest absolute Gasteiger partial charge is 0.0746 e. The molecule has 0 aliphatic carbocycles. The molecule has 0 N–H and O–H groups in total. The molecule has 19 heavy (non-hydrogen) atoms. The van der Waals surface area contributed by atoms with Gasteiger partial charge in [-0.3, -0.25) is 9.88 Å². The zero-order chi connectivity index (χ0) is 12.2. The molecule has 0 saturated carbocycles. The summed E-state index contributed by atoms with van der Waals surface area (Å²) in [7, 11) is 0. The van der Waals surface area contributed by atoms with E-state index < -0.39 is 0 Å². The molecule has 3 rings (SSSR count). The first-order valence-corrected chi connectivity index (χ1v) is 6.98. The van der Waals surface area contributed by atoms with Gasteiger partial charge in [0, 0.05) is 18.1 Å². The van der Waals surface area contributed by atoms with Crippen molar-refractivity contribution >= 4 is 27.9 Å². The van der Waals surface area contributed by atoms with Crippen LogP contribution in [0.2, 0.25) is 0 Å². The Bertz CT molecular complexity index is 514. The lowest BCUT2D eigenvalue weighted by atomic mass is 10.1. The first kappa shape index (κ1) is 14.5. The number of likely N-dealkylation sites (tertiary alicyclic amines) is 1. The van der Waals surface area contributed by atoms with Crippen molar-refractivity contribution in [3.63, 3.8) is 0 Å². The minimum Gasteiger partial charge on any atom is -0.299 e. The highest BCUT2D eigenvalue weighted by molar-refractivity contribution is 8.93. The summed E-state index contributed by atoms with van der Waals surface area (Å²) in [4.78, 5) is 7.12. The summed E-state index contributed by atoms with van der Waals surface area (Å²) in [5.74, 6) is 0. The summed E-state index contributed by atoms with van der Waals surface area (Å²) >= 11 is 0. The van der Waals surface area contributed by atoms with Crippen molar-refractivity contribution in [2.45, 2.75) is 32.2 Å². The van der Waals surface area contributed by atoms with E-state index in [0.29, 0.717) is 0 Å². The number of rotatable bonds is 2. The van der Waals surface area contributed by atoms with Crippen molar-refractivity contribution < 1.29 is 0 Å². The molecule has 102 valence electrons. The number of fused-ring (bicyclic) bond motifs is 1. The number of hydrogen-bond donors (Lipinski definition) is 0. The molecule has 1 saturated heterocycles. The molecule has 0 atom stereocenters. The predicted octanol–water partition coefficient (Wildman–Crippen LogP) is 4.19. The maximum atomic E-state index is 4.54. The largest absolute Gasteiger partial charge is 0.299 e. The Morgan fingerprint density at radius 1 is 0.947 bits per heavy atom. The van der Waals surface area contributed by atoms with E-state index in [1.54, 1.807) is 0 Å². The third-order valence-electron chi connectivity index (χ3n) is 3.81. The molecule has 2 nitrogen and oxygen atoms in total. The lowest BCUT2D eigenvalue weighted by Crippen LogP contribution is -2.24. The summed E-state index contributed by atoms with van der Waals surface area (Å²) in [5, 5.41) is 1.25. The molecule has 2 aromatic rings. The minimum atomic E-state index is 0. The summed E-state index contributed by atoms with van der Waals surface area (Å²) in [6.45, 7) is 3.53. The standard InChI is InChI=1S/C16H20N2.BrH/c1-2-4-12-18(11-3-1)13-15-8-5-7-14-9-6-10-17-16(14)15;/h5-10H,1-4,11-13H2;1H. The Hall–Kier alpha value is -0.930. The fourth-order valence-electron chi connectivity index (χ4n) is 2.83. The molecule has 3 heteroatoms. The van der Waals surface area contributed by atoms with Crippen molar-refractivity contribution in [3.05, 3.63) is 42.1 Å². The van der Waals surface area contributed by atoms with Gasteiger partial charge in [-0.05, 0) is 37.6 Å². The van der Waals surface area contributed by atoms with E-state index in [9.17, 15) is 0 Å². The minimum absolute atomic E-state index is 0. The Balaban J connectivity index is 0.00000133. The average molecular weight is 321 g/mol. The highest BCUT2D eigenvalue weighted by Crippen LogP contribution is 2.19. The number of benzene rings is 1. The first-order chi connectivity index (χ1) is 8.93. The monoisotopic (exact) mass is 320 g/mol. The Labute approximate surface area is 125 Å². The highest BCUT2D eigenvalue weighted by Gasteiger charge is 2.11. The van der Waals surface area contributed by atoms with Crippen LogP contribution in [0.25, 0.3) is 10.9 Å². The summed E-state index contributed by atoms with van der Waals surface area (Å²) in [6, 6.07) is 10.7. The second kappa shape index (κ2) is 7.01. The van der Waals surface area contributed by atoms with Gasteiger partial charge >= 0.3 is 0 Å². The fraction of sp³-hybridized carbons (Fsp3) is 0.438. The quantitative estimate of drug-likeness (QED) is 0.824. The van der Waals surface area contributed by atoms with E-state index in [-0.39, 0.29) is 17.0 Å². The van der Waals surface area contributed by atoms with E-state index in [4.69, 9.17) is 0 Å². The van der Waals surface area contributed by atoms with Gasteiger partial charge in [0.05, 0.1) is 5.52 Å². The van der Waals surface area contributed by atoms with Crippen LogP contribution in [0.4, 0.5) is 0 Å². The lowest BCUT2D eigenvalue weighted by Gasteiger charge is -2.20. The molecule has 0 radical (unpaired) electrons. The molecule has 0 amide bonds. The van der Waals surface area contributed by atoms with E-state index in [2.05, 4.69) is 34.1 Å². The van der Waals surface area contributed by atoms with E-state index >= 15 is 0 Å². The molecule has 1 aromatic heterocycles. The Morgan fingerprint density at radius 2 is 1.68 bits per heavy atom. The van der Waals surface area contributed by atoms with Gasteiger partial charge in [-0.2, -0.15) is 0 Å². The zero-order valence-corrected chi connectivity index (χ0v) is 12.9. The van der Waals surface area contributed by atoms with Gasteiger partial charge in [-0.1, -0.05) is 37.1 Å². The summed E-state index contributed by atoms with van der Waals surface area (Å²) < 4.78 is 0. The lowest BCUT2D eigenvalue weighted by molar-refractivity contribution is 0.278. The molecule has 1 aliphatic rings. The van der Waals surface area contributed by atoms with Crippen LogP contribution in [0.15, 0.2) is 36.5 Å². The van der Waals surface area contributed by atoms with Gasteiger partial charge < -0.3 is 0 Å². The molecule has 1 fully saturated rings. The molecular weight excluding hydrogens is 300 g/mol. The molecule has 1 aromatic carbocycles. The van der Waals surface area contributed by atoms with Crippen LogP contribution in [-0.4, -0.2) is 23.0 Å². The van der Waals surface area contributed by atoms with Crippen LogP contribution in [-0.2, 0) is 6.54 Å². The predicted molar refractivity (Wildman–Crippen MR) is 85.8 cm³/mol. The number of nitrogens with zero attached hydrogens (tertiary/aromatic N) is 2. The van der Waals surface area contributed by atoms with Gasteiger partial charge in [0.2, 0.25) is 0 Å². The number of para-hydroxylation sites is 1. The van der Waals surface area contributed by atoms with Crippen molar-refractivity contribution in [1.29, 1.82) is 0 Å². The third-order valence-corrected chi connectivity index (χ3v) is 3.81. The Morgan fingerprint density at radius 3 is 2.47 bits per heavy atom. The van der Waals surface area contributed by atoms with Crippen molar-refractivity contribution in [1.82, 2.24) is 9.88 Å². The van der Waals surface area contributed by atoms with Gasteiger partial charge in [-0.25, -0.2) is 0 Å². The molecule has 1 aliphatic heterocycles.